The summed E-state index contributed by atoms with van der Waals surface area (Å²) in [4.78, 5) is 4.54. The zero-order valence-electron chi connectivity index (χ0n) is 12.7. The lowest BCUT2D eigenvalue weighted by atomic mass is 10.1. The van der Waals surface area contributed by atoms with E-state index in [1.165, 1.54) is 0 Å². The molecule has 22 heavy (non-hydrogen) atoms. The van der Waals surface area contributed by atoms with Crippen molar-refractivity contribution in [2.75, 3.05) is 6.54 Å². The van der Waals surface area contributed by atoms with Crippen LogP contribution in [-0.4, -0.2) is 16.1 Å². The standard InChI is InChI=1S/C16H20F3N3/c1-3-10(2)22-14-7-6-11(16(17,18)19)9-13(14)21-15(22)12-5-4-8-20-12/h6-7,9-10,12,20H,3-5,8H2,1-2H3. The van der Waals surface area contributed by atoms with Crippen LogP contribution in [0.3, 0.4) is 0 Å². The number of rotatable bonds is 3. The molecule has 2 unspecified atom stereocenters. The predicted molar refractivity (Wildman–Crippen MR) is 79.7 cm³/mol. The van der Waals surface area contributed by atoms with E-state index in [0.717, 1.165) is 49.3 Å². The highest BCUT2D eigenvalue weighted by Crippen LogP contribution is 2.34. The topological polar surface area (TPSA) is 29.9 Å². The van der Waals surface area contributed by atoms with Crippen molar-refractivity contribution < 1.29 is 13.2 Å². The Balaban J connectivity index is 2.16. The van der Waals surface area contributed by atoms with Crippen molar-refractivity contribution >= 4 is 11.0 Å². The van der Waals surface area contributed by atoms with Crippen molar-refractivity contribution in [2.45, 2.75) is 51.4 Å². The molecular formula is C16H20F3N3. The van der Waals surface area contributed by atoms with Crippen molar-refractivity contribution in [3.8, 4) is 0 Å². The molecule has 0 saturated carbocycles. The first-order valence-electron chi connectivity index (χ1n) is 7.74. The Morgan fingerprint density at radius 1 is 1.41 bits per heavy atom. The van der Waals surface area contributed by atoms with Gasteiger partial charge in [-0.3, -0.25) is 0 Å². The second-order valence-corrected chi connectivity index (χ2v) is 5.95. The van der Waals surface area contributed by atoms with Gasteiger partial charge in [0.1, 0.15) is 5.82 Å². The van der Waals surface area contributed by atoms with Gasteiger partial charge >= 0.3 is 6.18 Å². The quantitative estimate of drug-likeness (QED) is 0.907. The molecule has 0 amide bonds. The molecule has 3 nitrogen and oxygen atoms in total. The molecule has 1 fully saturated rings. The number of alkyl halides is 3. The minimum Gasteiger partial charge on any atom is -0.324 e. The van der Waals surface area contributed by atoms with Gasteiger partial charge in [-0.2, -0.15) is 13.2 Å². The van der Waals surface area contributed by atoms with Gasteiger partial charge in [-0.05, 0) is 50.9 Å². The van der Waals surface area contributed by atoms with Crippen LogP contribution >= 0.6 is 0 Å². The van der Waals surface area contributed by atoms with Gasteiger partial charge in [-0.25, -0.2) is 4.98 Å². The third-order valence-corrected chi connectivity index (χ3v) is 4.45. The minimum absolute atomic E-state index is 0.135. The molecule has 1 aromatic carbocycles. The number of hydrogen-bond acceptors (Lipinski definition) is 2. The first-order valence-corrected chi connectivity index (χ1v) is 7.74. The summed E-state index contributed by atoms with van der Waals surface area (Å²) in [6.45, 7) is 5.09. The normalized spacial score (nSPS) is 20.7. The van der Waals surface area contributed by atoms with Crippen LogP contribution in [0.1, 0.15) is 56.6 Å². The number of benzene rings is 1. The molecular weight excluding hydrogens is 291 g/mol. The molecule has 1 N–H and O–H groups in total. The van der Waals surface area contributed by atoms with Gasteiger partial charge in [-0.15, -0.1) is 0 Å². The van der Waals surface area contributed by atoms with Crippen LogP contribution in [0.4, 0.5) is 13.2 Å². The van der Waals surface area contributed by atoms with E-state index in [0.29, 0.717) is 5.52 Å². The van der Waals surface area contributed by atoms with Gasteiger partial charge in [0.25, 0.3) is 0 Å². The number of aromatic nitrogens is 2. The van der Waals surface area contributed by atoms with E-state index in [9.17, 15) is 13.2 Å². The van der Waals surface area contributed by atoms with Crippen molar-refractivity contribution in [1.29, 1.82) is 0 Å². The Labute approximate surface area is 127 Å². The van der Waals surface area contributed by atoms with Crippen molar-refractivity contribution in [3.63, 3.8) is 0 Å². The SMILES string of the molecule is CCC(C)n1c(C2CCCN2)nc2cc(C(F)(F)F)ccc21. The number of nitrogens with one attached hydrogen (secondary N) is 1. The lowest BCUT2D eigenvalue weighted by molar-refractivity contribution is -0.137. The second kappa shape index (κ2) is 5.57. The zero-order chi connectivity index (χ0) is 15.9. The van der Waals surface area contributed by atoms with Gasteiger partial charge in [0.15, 0.2) is 0 Å². The summed E-state index contributed by atoms with van der Waals surface area (Å²) in [6, 6.07) is 4.20. The number of halogens is 3. The van der Waals surface area contributed by atoms with Crippen molar-refractivity contribution in [1.82, 2.24) is 14.9 Å². The van der Waals surface area contributed by atoms with Crippen LogP contribution in [0.5, 0.6) is 0 Å². The summed E-state index contributed by atoms with van der Waals surface area (Å²) in [5.41, 5.74) is 0.574. The molecule has 1 aromatic heterocycles. The Bertz CT molecular complexity index is 669. The molecule has 2 aromatic rings. The van der Waals surface area contributed by atoms with E-state index >= 15 is 0 Å². The highest BCUT2D eigenvalue weighted by atomic mass is 19.4. The van der Waals surface area contributed by atoms with E-state index < -0.39 is 11.7 Å². The third kappa shape index (κ3) is 2.60. The molecule has 1 aliphatic rings. The molecule has 2 heterocycles. The molecule has 0 spiro atoms. The summed E-state index contributed by atoms with van der Waals surface area (Å²) in [5.74, 6) is 0.862. The fraction of sp³-hybridized carbons (Fsp3) is 0.562. The highest BCUT2D eigenvalue weighted by molar-refractivity contribution is 5.77. The summed E-state index contributed by atoms with van der Waals surface area (Å²) >= 11 is 0. The highest BCUT2D eigenvalue weighted by Gasteiger charge is 2.32. The summed E-state index contributed by atoms with van der Waals surface area (Å²) < 4.78 is 40.8. The van der Waals surface area contributed by atoms with E-state index in [1.54, 1.807) is 6.07 Å². The molecule has 120 valence electrons. The maximum atomic E-state index is 12.9. The van der Waals surface area contributed by atoms with Crippen LogP contribution in [0, 0.1) is 0 Å². The second-order valence-electron chi connectivity index (χ2n) is 5.95. The van der Waals surface area contributed by atoms with E-state index in [4.69, 9.17) is 0 Å². The van der Waals surface area contributed by atoms with Gasteiger partial charge in [-0.1, -0.05) is 6.92 Å². The summed E-state index contributed by atoms with van der Waals surface area (Å²) in [7, 11) is 0. The Kier molecular flexibility index (Phi) is 3.89. The van der Waals surface area contributed by atoms with Gasteiger partial charge < -0.3 is 9.88 Å². The summed E-state index contributed by atoms with van der Waals surface area (Å²) in [6.07, 6.45) is -1.37. The molecule has 1 saturated heterocycles. The molecule has 2 atom stereocenters. The monoisotopic (exact) mass is 311 g/mol. The fourth-order valence-corrected chi connectivity index (χ4v) is 3.09. The lowest BCUT2D eigenvalue weighted by Crippen LogP contribution is -2.19. The van der Waals surface area contributed by atoms with Crippen molar-refractivity contribution in [3.05, 3.63) is 29.6 Å². The van der Waals surface area contributed by atoms with Crippen LogP contribution < -0.4 is 5.32 Å². The molecule has 0 radical (unpaired) electrons. The van der Waals surface area contributed by atoms with Gasteiger partial charge in [0.05, 0.1) is 22.6 Å². The molecule has 1 aliphatic heterocycles. The average Bonchev–Trinajstić information content (AvgIpc) is 3.11. The summed E-state index contributed by atoms with van der Waals surface area (Å²) in [5, 5.41) is 3.39. The number of nitrogens with zero attached hydrogens (tertiary/aromatic N) is 2. The predicted octanol–water partition coefficient (Wildman–Crippen LogP) is 4.45. The van der Waals surface area contributed by atoms with E-state index in [1.807, 2.05) is 0 Å². The number of imidazole rings is 1. The fourth-order valence-electron chi connectivity index (χ4n) is 3.09. The molecule has 6 heteroatoms. The number of hydrogen-bond donors (Lipinski definition) is 1. The average molecular weight is 311 g/mol. The van der Waals surface area contributed by atoms with Crippen LogP contribution in [-0.2, 0) is 6.18 Å². The Hall–Kier alpha value is -1.56. The van der Waals surface area contributed by atoms with Crippen molar-refractivity contribution in [2.24, 2.45) is 0 Å². The van der Waals surface area contributed by atoms with Crippen LogP contribution in [0.15, 0.2) is 18.2 Å². The maximum Gasteiger partial charge on any atom is 0.416 e. The lowest BCUT2D eigenvalue weighted by Gasteiger charge is -2.19. The first kappa shape index (κ1) is 15.3. The Morgan fingerprint density at radius 3 is 2.77 bits per heavy atom. The maximum absolute atomic E-state index is 12.9. The zero-order valence-corrected chi connectivity index (χ0v) is 12.7. The van der Waals surface area contributed by atoms with Crippen LogP contribution in [0.2, 0.25) is 0 Å². The molecule has 0 aliphatic carbocycles. The molecule has 0 bridgehead atoms. The van der Waals surface area contributed by atoms with Crippen LogP contribution in [0.25, 0.3) is 11.0 Å². The van der Waals surface area contributed by atoms with Gasteiger partial charge in [0.2, 0.25) is 0 Å². The number of fused-ring (bicyclic) bond motifs is 1. The largest absolute Gasteiger partial charge is 0.416 e. The minimum atomic E-state index is -4.33. The van der Waals surface area contributed by atoms with Gasteiger partial charge in [0, 0.05) is 6.04 Å². The first-order chi connectivity index (χ1) is 10.4. The third-order valence-electron chi connectivity index (χ3n) is 4.45. The van der Waals surface area contributed by atoms with E-state index in [2.05, 4.69) is 28.7 Å². The van der Waals surface area contributed by atoms with E-state index in [-0.39, 0.29) is 12.1 Å². The Morgan fingerprint density at radius 2 is 2.18 bits per heavy atom. The smallest absolute Gasteiger partial charge is 0.324 e. The molecule has 3 rings (SSSR count).